The van der Waals surface area contributed by atoms with Gasteiger partial charge in [0.1, 0.15) is 5.69 Å². The molecule has 0 fully saturated rings. The zero-order chi connectivity index (χ0) is 25.2. The van der Waals surface area contributed by atoms with Crippen LogP contribution in [-0.4, -0.2) is 16.4 Å². The standard InChI is InChI=1S/C27H22F3N3O2/c1-33-16-23(22(24(33)25(31)34)14-17-8-4-2-5-9-17)32-26(35)21-15-19(27(28,29)30)12-13-20(21)18-10-6-3-7-11-18/h2-13,15-16H,14H2,1H3,(H2,31,34)(H,32,35). The van der Waals surface area contributed by atoms with Crippen molar-refractivity contribution in [1.29, 1.82) is 0 Å². The normalized spacial score (nSPS) is 11.3. The van der Waals surface area contributed by atoms with E-state index in [0.717, 1.165) is 17.7 Å². The Hall–Kier alpha value is -4.33. The van der Waals surface area contributed by atoms with Gasteiger partial charge in [-0.05, 0) is 28.8 Å². The number of carbonyl (C=O) groups is 2. The molecule has 0 aliphatic heterocycles. The van der Waals surface area contributed by atoms with Gasteiger partial charge in [0.15, 0.2) is 0 Å². The molecule has 8 heteroatoms. The minimum atomic E-state index is -4.62. The highest BCUT2D eigenvalue weighted by molar-refractivity contribution is 6.10. The third-order valence-corrected chi connectivity index (χ3v) is 5.67. The fourth-order valence-electron chi connectivity index (χ4n) is 4.05. The van der Waals surface area contributed by atoms with E-state index in [0.29, 0.717) is 28.8 Å². The van der Waals surface area contributed by atoms with Crippen molar-refractivity contribution in [2.24, 2.45) is 12.8 Å². The Morgan fingerprint density at radius 2 is 1.57 bits per heavy atom. The summed E-state index contributed by atoms with van der Waals surface area (Å²) in [6, 6.07) is 21.0. The minimum Gasteiger partial charge on any atom is -0.364 e. The van der Waals surface area contributed by atoms with Crippen molar-refractivity contribution in [1.82, 2.24) is 4.57 Å². The summed E-state index contributed by atoms with van der Waals surface area (Å²) in [4.78, 5) is 25.5. The molecule has 4 rings (SSSR count). The molecular weight excluding hydrogens is 455 g/mol. The van der Waals surface area contributed by atoms with Crippen LogP contribution >= 0.6 is 0 Å². The second-order valence-electron chi connectivity index (χ2n) is 8.09. The molecule has 4 aromatic rings. The molecule has 2 amide bonds. The van der Waals surface area contributed by atoms with Gasteiger partial charge in [-0.25, -0.2) is 0 Å². The first-order valence-corrected chi connectivity index (χ1v) is 10.7. The van der Waals surface area contributed by atoms with Crippen molar-refractivity contribution in [3.8, 4) is 11.1 Å². The topological polar surface area (TPSA) is 77.1 Å². The lowest BCUT2D eigenvalue weighted by molar-refractivity contribution is -0.137. The molecule has 0 aliphatic carbocycles. The van der Waals surface area contributed by atoms with Crippen LogP contribution < -0.4 is 11.1 Å². The third kappa shape index (κ3) is 5.11. The van der Waals surface area contributed by atoms with Crippen molar-refractivity contribution >= 4 is 17.5 Å². The van der Waals surface area contributed by atoms with Crippen molar-refractivity contribution in [2.75, 3.05) is 5.32 Å². The first kappa shape index (κ1) is 23.8. The lowest BCUT2D eigenvalue weighted by atomic mass is 9.96. The number of nitrogens with zero attached hydrogens (tertiary/aromatic N) is 1. The van der Waals surface area contributed by atoms with Gasteiger partial charge in [0, 0.05) is 30.8 Å². The Bertz CT molecular complexity index is 1380. The maximum Gasteiger partial charge on any atom is 0.416 e. The van der Waals surface area contributed by atoms with Crippen molar-refractivity contribution in [3.63, 3.8) is 0 Å². The molecule has 35 heavy (non-hydrogen) atoms. The second kappa shape index (κ2) is 9.50. The van der Waals surface area contributed by atoms with Crippen molar-refractivity contribution < 1.29 is 22.8 Å². The number of amides is 2. The fraction of sp³-hybridized carbons (Fsp3) is 0.111. The number of aryl methyl sites for hydroxylation is 1. The van der Waals surface area contributed by atoms with E-state index in [4.69, 9.17) is 5.73 Å². The van der Waals surface area contributed by atoms with Crippen LogP contribution in [0.3, 0.4) is 0 Å². The van der Waals surface area contributed by atoms with Gasteiger partial charge < -0.3 is 15.6 Å². The Labute approximate surface area is 200 Å². The highest BCUT2D eigenvalue weighted by atomic mass is 19.4. The molecule has 0 aliphatic rings. The van der Waals surface area contributed by atoms with Crippen LogP contribution in [-0.2, 0) is 19.6 Å². The van der Waals surface area contributed by atoms with Gasteiger partial charge in [0.2, 0.25) is 0 Å². The molecular formula is C27H22F3N3O2. The molecule has 0 radical (unpaired) electrons. The van der Waals surface area contributed by atoms with Crippen LogP contribution in [0.15, 0.2) is 85.1 Å². The van der Waals surface area contributed by atoms with Gasteiger partial charge in [0.25, 0.3) is 11.8 Å². The molecule has 3 aromatic carbocycles. The van der Waals surface area contributed by atoms with E-state index in [1.54, 1.807) is 37.4 Å². The molecule has 1 aromatic heterocycles. The van der Waals surface area contributed by atoms with Crippen molar-refractivity contribution in [2.45, 2.75) is 12.6 Å². The number of benzene rings is 3. The van der Waals surface area contributed by atoms with E-state index >= 15 is 0 Å². The highest BCUT2D eigenvalue weighted by Gasteiger charge is 2.32. The number of primary amides is 1. The molecule has 0 saturated heterocycles. The number of alkyl halides is 3. The van der Waals surface area contributed by atoms with E-state index in [-0.39, 0.29) is 11.3 Å². The lowest BCUT2D eigenvalue weighted by Gasteiger charge is -2.15. The Balaban J connectivity index is 1.78. The molecule has 0 unspecified atom stereocenters. The van der Waals surface area contributed by atoms with Crippen LogP contribution in [0.4, 0.5) is 18.9 Å². The summed E-state index contributed by atoms with van der Waals surface area (Å²) in [5, 5.41) is 2.72. The number of nitrogens with two attached hydrogens (primary N) is 1. The smallest absolute Gasteiger partial charge is 0.364 e. The predicted octanol–water partition coefficient (Wildman–Crippen LogP) is 5.65. The Kier molecular flexibility index (Phi) is 6.46. The molecule has 5 nitrogen and oxygen atoms in total. The number of rotatable bonds is 6. The summed E-state index contributed by atoms with van der Waals surface area (Å²) in [5.41, 5.74) is 7.33. The molecule has 0 spiro atoms. The number of aromatic nitrogens is 1. The molecule has 1 heterocycles. The predicted molar refractivity (Wildman–Crippen MR) is 128 cm³/mol. The molecule has 178 valence electrons. The zero-order valence-electron chi connectivity index (χ0n) is 18.8. The van der Waals surface area contributed by atoms with Crippen molar-refractivity contribution in [3.05, 3.63) is 113 Å². The van der Waals surface area contributed by atoms with E-state index in [2.05, 4.69) is 5.32 Å². The quantitative estimate of drug-likeness (QED) is 0.376. The molecule has 0 saturated carbocycles. The maximum absolute atomic E-state index is 13.5. The average molecular weight is 477 g/mol. The monoisotopic (exact) mass is 477 g/mol. The van der Waals surface area contributed by atoms with Gasteiger partial charge in [0.05, 0.1) is 11.3 Å². The number of hydrogen-bond donors (Lipinski definition) is 2. The number of nitrogens with one attached hydrogen (secondary N) is 1. The second-order valence-corrected chi connectivity index (χ2v) is 8.09. The zero-order valence-corrected chi connectivity index (χ0v) is 18.8. The van der Waals surface area contributed by atoms with E-state index in [9.17, 15) is 22.8 Å². The molecule has 0 bridgehead atoms. The summed E-state index contributed by atoms with van der Waals surface area (Å²) in [7, 11) is 1.61. The number of hydrogen-bond acceptors (Lipinski definition) is 2. The minimum absolute atomic E-state index is 0.138. The molecule has 0 atom stereocenters. The Morgan fingerprint density at radius 3 is 2.17 bits per heavy atom. The first-order chi connectivity index (χ1) is 16.6. The maximum atomic E-state index is 13.5. The van der Waals surface area contributed by atoms with E-state index < -0.39 is 23.6 Å². The number of carbonyl (C=O) groups excluding carboxylic acids is 2. The van der Waals surface area contributed by atoms with Crippen LogP contribution in [0.1, 0.15) is 37.5 Å². The van der Waals surface area contributed by atoms with Gasteiger partial charge in [-0.15, -0.1) is 0 Å². The molecule has 3 N–H and O–H groups in total. The average Bonchev–Trinajstić information content (AvgIpc) is 3.13. The van der Waals surface area contributed by atoms with Crippen LogP contribution in [0.25, 0.3) is 11.1 Å². The van der Waals surface area contributed by atoms with Crippen LogP contribution in [0.5, 0.6) is 0 Å². The van der Waals surface area contributed by atoms with Gasteiger partial charge in [-0.1, -0.05) is 66.7 Å². The lowest BCUT2D eigenvalue weighted by Crippen LogP contribution is -2.18. The third-order valence-electron chi connectivity index (χ3n) is 5.67. The summed E-state index contributed by atoms with van der Waals surface area (Å²) >= 11 is 0. The van der Waals surface area contributed by atoms with E-state index in [1.165, 1.54) is 16.8 Å². The van der Waals surface area contributed by atoms with Gasteiger partial charge in [-0.3, -0.25) is 9.59 Å². The summed E-state index contributed by atoms with van der Waals surface area (Å²) in [6.07, 6.45) is -2.79. The first-order valence-electron chi connectivity index (χ1n) is 10.7. The summed E-state index contributed by atoms with van der Waals surface area (Å²) < 4.78 is 41.9. The van der Waals surface area contributed by atoms with Gasteiger partial charge >= 0.3 is 6.18 Å². The SMILES string of the molecule is Cn1cc(NC(=O)c2cc(C(F)(F)F)ccc2-c2ccccc2)c(Cc2ccccc2)c1C(N)=O. The number of halogens is 3. The van der Waals surface area contributed by atoms with E-state index in [1.807, 2.05) is 30.3 Å². The largest absolute Gasteiger partial charge is 0.416 e. The van der Waals surface area contributed by atoms with Gasteiger partial charge in [-0.2, -0.15) is 13.2 Å². The van der Waals surface area contributed by atoms with Crippen LogP contribution in [0, 0.1) is 0 Å². The number of anilines is 1. The summed E-state index contributed by atoms with van der Waals surface area (Å²) in [6.45, 7) is 0. The Morgan fingerprint density at radius 1 is 0.943 bits per heavy atom. The fourth-order valence-corrected chi connectivity index (χ4v) is 4.05. The highest BCUT2D eigenvalue weighted by Crippen LogP contribution is 2.34. The summed E-state index contributed by atoms with van der Waals surface area (Å²) in [5.74, 6) is -1.41. The van der Waals surface area contributed by atoms with Crippen LogP contribution in [0.2, 0.25) is 0 Å².